The van der Waals surface area contributed by atoms with E-state index in [1.54, 1.807) is 24.5 Å². The number of hydrogen-bond donors (Lipinski definition) is 1. The number of aromatic nitrogens is 3. The van der Waals surface area contributed by atoms with Gasteiger partial charge >= 0.3 is 12.4 Å². The lowest BCUT2D eigenvalue weighted by Gasteiger charge is -2.15. The number of anilines is 1. The zero-order chi connectivity index (χ0) is 20.7. The van der Waals surface area contributed by atoms with E-state index in [0.29, 0.717) is 18.0 Å². The summed E-state index contributed by atoms with van der Waals surface area (Å²) in [6, 6.07) is 4.23. The second-order valence-electron chi connectivity index (χ2n) is 5.84. The first-order chi connectivity index (χ1) is 13.0. The molecule has 3 rings (SSSR count). The molecule has 0 atom stereocenters. The molecule has 3 aromatic rings. The number of benzene rings is 1. The summed E-state index contributed by atoms with van der Waals surface area (Å²) < 4.78 is 80.6. The van der Waals surface area contributed by atoms with Crippen molar-refractivity contribution in [3.63, 3.8) is 0 Å². The van der Waals surface area contributed by atoms with Crippen molar-refractivity contribution in [2.75, 3.05) is 5.32 Å². The minimum atomic E-state index is -5.01. The van der Waals surface area contributed by atoms with Gasteiger partial charge in [-0.05, 0) is 30.3 Å². The summed E-state index contributed by atoms with van der Waals surface area (Å²) in [4.78, 5) is 12.5. The summed E-state index contributed by atoms with van der Waals surface area (Å²) in [5.74, 6) is -0.602. The van der Waals surface area contributed by atoms with Gasteiger partial charge < -0.3 is 9.88 Å². The van der Waals surface area contributed by atoms with Crippen LogP contribution in [-0.2, 0) is 19.4 Å². The van der Waals surface area contributed by atoms with Crippen LogP contribution in [0.4, 0.5) is 32.0 Å². The molecule has 0 spiro atoms. The molecule has 28 heavy (non-hydrogen) atoms. The van der Waals surface area contributed by atoms with E-state index in [0.717, 1.165) is 0 Å². The number of amides is 1. The van der Waals surface area contributed by atoms with Crippen molar-refractivity contribution < 1.29 is 31.1 Å². The minimum absolute atomic E-state index is 0.00895. The van der Waals surface area contributed by atoms with E-state index in [2.05, 4.69) is 10.4 Å². The average molecular weight is 402 g/mol. The van der Waals surface area contributed by atoms with E-state index in [1.807, 2.05) is 0 Å². The van der Waals surface area contributed by atoms with E-state index < -0.39 is 35.1 Å². The number of halogens is 6. The fraction of sp³-hybridized carbons (Fsp3) is 0.176. The highest BCUT2D eigenvalue weighted by Crippen LogP contribution is 2.37. The Morgan fingerprint density at radius 1 is 0.964 bits per heavy atom. The predicted molar refractivity (Wildman–Crippen MR) is 86.9 cm³/mol. The van der Waals surface area contributed by atoms with Gasteiger partial charge in [0.1, 0.15) is 11.4 Å². The maximum absolute atomic E-state index is 13.0. The van der Waals surface area contributed by atoms with Gasteiger partial charge in [-0.1, -0.05) is 0 Å². The van der Waals surface area contributed by atoms with Gasteiger partial charge in [-0.2, -0.15) is 31.4 Å². The Hall–Kier alpha value is -3.24. The van der Waals surface area contributed by atoms with Crippen LogP contribution >= 0.6 is 0 Å². The van der Waals surface area contributed by atoms with Gasteiger partial charge in [0.2, 0.25) is 0 Å². The maximum atomic E-state index is 13.0. The Morgan fingerprint density at radius 2 is 1.50 bits per heavy atom. The van der Waals surface area contributed by atoms with Gasteiger partial charge in [0.15, 0.2) is 0 Å². The summed E-state index contributed by atoms with van der Waals surface area (Å²) in [6.45, 7) is 0. The molecule has 1 amide bonds. The molecule has 0 saturated carbocycles. The van der Waals surface area contributed by atoms with E-state index in [1.165, 1.54) is 22.5 Å². The zero-order valence-electron chi connectivity index (χ0n) is 14.1. The molecule has 1 aromatic carbocycles. The van der Waals surface area contributed by atoms with Gasteiger partial charge in [0, 0.05) is 25.1 Å². The fourth-order valence-corrected chi connectivity index (χ4v) is 2.60. The first-order valence-electron chi connectivity index (χ1n) is 7.73. The quantitative estimate of drug-likeness (QED) is 0.656. The number of aryl methyl sites for hydroxylation is 1. The number of carbonyl (C=O) groups excluding carboxylic acids is 1. The second kappa shape index (κ2) is 6.73. The van der Waals surface area contributed by atoms with Gasteiger partial charge in [-0.3, -0.25) is 9.48 Å². The first-order valence-corrected chi connectivity index (χ1v) is 7.73. The Labute approximate surface area is 154 Å². The van der Waals surface area contributed by atoms with Crippen LogP contribution in [0.1, 0.15) is 21.5 Å². The van der Waals surface area contributed by atoms with Crippen molar-refractivity contribution in [3.8, 4) is 5.82 Å². The number of alkyl halides is 6. The Kier molecular flexibility index (Phi) is 4.69. The molecule has 0 aliphatic rings. The number of nitrogens with one attached hydrogen (secondary N) is 1. The second-order valence-corrected chi connectivity index (χ2v) is 5.84. The van der Waals surface area contributed by atoms with Gasteiger partial charge in [0.05, 0.1) is 17.3 Å². The maximum Gasteiger partial charge on any atom is 0.416 e. The molecule has 11 heteroatoms. The molecule has 0 fully saturated rings. The van der Waals surface area contributed by atoms with Crippen molar-refractivity contribution in [2.45, 2.75) is 12.4 Å². The molecule has 0 saturated heterocycles. The standard InChI is InChI=1S/C17H12F6N4O/c1-26-15(27-4-2-3-5-27)13(9-24-26)14(28)25-12-7-10(16(18,19)20)6-11(8-12)17(21,22)23/h2-9H,1H3,(H,25,28). The lowest BCUT2D eigenvalue weighted by atomic mass is 10.1. The van der Waals surface area contributed by atoms with Crippen molar-refractivity contribution in [3.05, 3.63) is 65.6 Å². The number of hydrogen-bond acceptors (Lipinski definition) is 2. The molecule has 0 aliphatic heterocycles. The van der Waals surface area contributed by atoms with Crippen LogP contribution in [0.15, 0.2) is 48.9 Å². The number of rotatable bonds is 3. The van der Waals surface area contributed by atoms with Crippen molar-refractivity contribution in [1.82, 2.24) is 14.3 Å². The van der Waals surface area contributed by atoms with Crippen LogP contribution in [0.25, 0.3) is 5.82 Å². The van der Waals surface area contributed by atoms with E-state index in [4.69, 9.17) is 0 Å². The van der Waals surface area contributed by atoms with Crippen LogP contribution in [0.5, 0.6) is 0 Å². The summed E-state index contributed by atoms with van der Waals surface area (Å²) in [6.07, 6.45) is -5.63. The van der Waals surface area contributed by atoms with E-state index in [9.17, 15) is 31.1 Å². The third-order valence-corrected chi connectivity index (χ3v) is 3.85. The normalized spacial score (nSPS) is 12.2. The molecule has 5 nitrogen and oxygen atoms in total. The first kappa shape index (κ1) is 19.5. The van der Waals surface area contributed by atoms with E-state index in [-0.39, 0.29) is 11.6 Å². The number of nitrogens with zero attached hydrogens (tertiary/aromatic N) is 3. The minimum Gasteiger partial charge on any atom is -0.322 e. The molecule has 2 aromatic heterocycles. The molecule has 0 radical (unpaired) electrons. The summed E-state index contributed by atoms with van der Waals surface area (Å²) in [7, 11) is 1.54. The lowest BCUT2D eigenvalue weighted by molar-refractivity contribution is -0.143. The largest absolute Gasteiger partial charge is 0.416 e. The van der Waals surface area contributed by atoms with Crippen molar-refractivity contribution >= 4 is 11.6 Å². The van der Waals surface area contributed by atoms with Crippen molar-refractivity contribution in [2.24, 2.45) is 7.05 Å². The molecular formula is C17H12F6N4O. The lowest BCUT2D eigenvalue weighted by Crippen LogP contribution is -2.17. The highest BCUT2D eigenvalue weighted by molar-refractivity contribution is 6.06. The zero-order valence-corrected chi connectivity index (χ0v) is 14.1. The van der Waals surface area contributed by atoms with Crippen LogP contribution in [0, 0.1) is 0 Å². The van der Waals surface area contributed by atoms with Crippen LogP contribution in [-0.4, -0.2) is 20.3 Å². The van der Waals surface area contributed by atoms with Crippen LogP contribution < -0.4 is 5.32 Å². The van der Waals surface area contributed by atoms with Crippen LogP contribution in [0.3, 0.4) is 0 Å². The fourth-order valence-electron chi connectivity index (χ4n) is 2.60. The Morgan fingerprint density at radius 3 is 2.00 bits per heavy atom. The molecule has 148 valence electrons. The third-order valence-electron chi connectivity index (χ3n) is 3.85. The number of carbonyl (C=O) groups is 1. The third kappa shape index (κ3) is 3.87. The van der Waals surface area contributed by atoms with Crippen LogP contribution in [0.2, 0.25) is 0 Å². The highest BCUT2D eigenvalue weighted by atomic mass is 19.4. The van der Waals surface area contributed by atoms with Crippen molar-refractivity contribution in [1.29, 1.82) is 0 Å². The van der Waals surface area contributed by atoms with Gasteiger partial charge in [0.25, 0.3) is 5.91 Å². The monoisotopic (exact) mass is 402 g/mol. The smallest absolute Gasteiger partial charge is 0.322 e. The van der Waals surface area contributed by atoms with E-state index >= 15 is 0 Å². The topological polar surface area (TPSA) is 51.9 Å². The Balaban J connectivity index is 2.00. The molecule has 2 heterocycles. The molecule has 1 N–H and O–H groups in total. The SMILES string of the molecule is Cn1ncc(C(=O)Nc2cc(C(F)(F)F)cc(C(F)(F)F)c2)c1-n1cccc1. The molecular weight excluding hydrogens is 390 g/mol. The van der Waals surface area contributed by atoms with Gasteiger partial charge in [-0.25, -0.2) is 0 Å². The molecule has 0 unspecified atom stereocenters. The predicted octanol–water partition coefficient (Wildman–Crippen LogP) is 4.50. The molecule has 0 aliphatic carbocycles. The highest BCUT2D eigenvalue weighted by Gasteiger charge is 2.37. The summed E-state index contributed by atoms with van der Waals surface area (Å²) in [5, 5.41) is 6.02. The summed E-state index contributed by atoms with van der Waals surface area (Å²) >= 11 is 0. The Bertz CT molecular complexity index is 970. The average Bonchev–Trinajstić information content (AvgIpc) is 3.22. The van der Waals surface area contributed by atoms with Gasteiger partial charge in [-0.15, -0.1) is 0 Å². The molecule has 0 bridgehead atoms. The summed E-state index contributed by atoms with van der Waals surface area (Å²) in [5.41, 5.74) is -3.69.